The van der Waals surface area contributed by atoms with Gasteiger partial charge in [-0.2, -0.15) is 0 Å². The standard InChI is InChI=1S/C25H28N4O4/c30-23-11-10-21(24(31)28-23)29-15-16-13-18(8-9-19(16)25(29)32)33-22-7-2-1-6-20(22)27-14-17-5-3-4-12-26-17/h3-5,8-9,12-13,20-22,27H,1-2,6-7,10-11,14-15H2,(H,28,30,31)/t20-,21?,22-/m0/s1. The predicted octanol–water partition coefficient (Wildman–Crippen LogP) is 2.32. The molecule has 2 fully saturated rings. The molecule has 3 atom stereocenters. The van der Waals surface area contributed by atoms with Crippen molar-refractivity contribution in [3.8, 4) is 5.75 Å². The largest absolute Gasteiger partial charge is 0.489 e. The molecule has 8 heteroatoms. The quantitative estimate of drug-likeness (QED) is 0.658. The average Bonchev–Trinajstić information content (AvgIpc) is 3.14. The summed E-state index contributed by atoms with van der Waals surface area (Å²) >= 11 is 0. The van der Waals surface area contributed by atoms with Crippen LogP contribution < -0.4 is 15.4 Å². The fourth-order valence-corrected chi connectivity index (χ4v) is 5.01. The smallest absolute Gasteiger partial charge is 0.255 e. The number of nitrogens with one attached hydrogen (secondary N) is 2. The summed E-state index contributed by atoms with van der Waals surface area (Å²) in [6.07, 6.45) is 6.76. The molecule has 0 radical (unpaired) electrons. The fourth-order valence-electron chi connectivity index (χ4n) is 5.01. The Hall–Kier alpha value is -3.26. The second-order valence-electron chi connectivity index (χ2n) is 8.97. The van der Waals surface area contributed by atoms with E-state index in [0.717, 1.165) is 36.3 Å². The van der Waals surface area contributed by atoms with Gasteiger partial charge in [0.15, 0.2) is 0 Å². The van der Waals surface area contributed by atoms with Gasteiger partial charge in [0, 0.05) is 37.3 Å². The number of hydrogen-bond donors (Lipinski definition) is 2. The summed E-state index contributed by atoms with van der Waals surface area (Å²) in [5.41, 5.74) is 2.46. The molecule has 5 rings (SSSR count). The molecule has 1 aromatic carbocycles. The van der Waals surface area contributed by atoms with Gasteiger partial charge in [0.05, 0.1) is 5.69 Å². The van der Waals surface area contributed by atoms with Gasteiger partial charge in [-0.1, -0.05) is 12.5 Å². The minimum atomic E-state index is -0.606. The van der Waals surface area contributed by atoms with Crippen LogP contribution in [0.25, 0.3) is 0 Å². The van der Waals surface area contributed by atoms with E-state index in [4.69, 9.17) is 4.74 Å². The molecule has 1 aromatic heterocycles. The zero-order valence-electron chi connectivity index (χ0n) is 18.5. The first kappa shape index (κ1) is 21.6. The molecule has 1 saturated carbocycles. The van der Waals surface area contributed by atoms with Gasteiger partial charge in [-0.25, -0.2) is 0 Å². The zero-order chi connectivity index (χ0) is 22.8. The number of imide groups is 1. The lowest BCUT2D eigenvalue weighted by atomic mass is 9.92. The molecular formula is C25H28N4O4. The number of fused-ring (bicyclic) bond motifs is 1. The van der Waals surface area contributed by atoms with Crippen LogP contribution in [0.4, 0.5) is 0 Å². The highest BCUT2D eigenvalue weighted by molar-refractivity contribution is 6.05. The Balaban J connectivity index is 1.25. The topological polar surface area (TPSA) is 101 Å². The Kier molecular flexibility index (Phi) is 6.09. The van der Waals surface area contributed by atoms with E-state index in [-0.39, 0.29) is 30.4 Å². The lowest BCUT2D eigenvalue weighted by molar-refractivity contribution is -0.136. The first-order chi connectivity index (χ1) is 16.1. The molecule has 3 aliphatic rings. The molecule has 33 heavy (non-hydrogen) atoms. The number of hydrogen-bond acceptors (Lipinski definition) is 6. The summed E-state index contributed by atoms with van der Waals surface area (Å²) in [5.74, 6) is -0.107. The highest BCUT2D eigenvalue weighted by Crippen LogP contribution is 2.32. The molecule has 2 aromatic rings. The number of benzene rings is 1. The third-order valence-corrected chi connectivity index (χ3v) is 6.76. The number of amides is 3. The summed E-state index contributed by atoms with van der Waals surface area (Å²) < 4.78 is 6.40. The summed E-state index contributed by atoms with van der Waals surface area (Å²) in [6.45, 7) is 1.05. The van der Waals surface area contributed by atoms with E-state index in [9.17, 15) is 14.4 Å². The molecule has 172 valence electrons. The van der Waals surface area contributed by atoms with Crippen LogP contribution in [0, 0.1) is 0 Å². The first-order valence-corrected chi connectivity index (χ1v) is 11.7. The second kappa shape index (κ2) is 9.31. The van der Waals surface area contributed by atoms with E-state index >= 15 is 0 Å². The van der Waals surface area contributed by atoms with Gasteiger partial charge in [0.1, 0.15) is 17.9 Å². The van der Waals surface area contributed by atoms with Crippen molar-refractivity contribution in [2.45, 2.75) is 69.8 Å². The van der Waals surface area contributed by atoms with Crippen molar-refractivity contribution in [2.24, 2.45) is 0 Å². The van der Waals surface area contributed by atoms with Crippen molar-refractivity contribution in [2.75, 3.05) is 0 Å². The van der Waals surface area contributed by atoms with Gasteiger partial charge in [-0.05, 0) is 61.6 Å². The summed E-state index contributed by atoms with van der Waals surface area (Å²) in [4.78, 5) is 42.6. The number of carbonyl (C=O) groups is 3. The zero-order valence-corrected chi connectivity index (χ0v) is 18.5. The molecule has 8 nitrogen and oxygen atoms in total. The molecule has 2 N–H and O–H groups in total. The van der Waals surface area contributed by atoms with Crippen molar-refractivity contribution in [1.82, 2.24) is 20.5 Å². The molecule has 2 aliphatic heterocycles. The van der Waals surface area contributed by atoms with Crippen LogP contribution >= 0.6 is 0 Å². The highest BCUT2D eigenvalue weighted by Gasteiger charge is 2.39. The van der Waals surface area contributed by atoms with Gasteiger partial charge in [0.2, 0.25) is 11.8 Å². The summed E-state index contributed by atoms with van der Waals surface area (Å²) in [6, 6.07) is 11.1. The molecule has 0 spiro atoms. The van der Waals surface area contributed by atoms with Gasteiger partial charge in [0.25, 0.3) is 5.91 Å². The summed E-state index contributed by atoms with van der Waals surface area (Å²) in [5, 5.41) is 5.94. The maximum atomic E-state index is 12.9. The molecule has 3 heterocycles. The Morgan fingerprint density at radius 1 is 1.09 bits per heavy atom. The van der Waals surface area contributed by atoms with E-state index in [1.165, 1.54) is 6.42 Å². The van der Waals surface area contributed by atoms with Gasteiger partial charge in [-0.3, -0.25) is 24.7 Å². The van der Waals surface area contributed by atoms with Crippen molar-refractivity contribution >= 4 is 17.7 Å². The maximum absolute atomic E-state index is 12.9. The number of aromatic nitrogens is 1. The molecular weight excluding hydrogens is 420 g/mol. The monoisotopic (exact) mass is 448 g/mol. The third-order valence-electron chi connectivity index (χ3n) is 6.76. The molecule has 1 saturated heterocycles. The van der Waals surface area contributed by atoms with Crippen molar-refractivity contribution in [1.29, 1.82) is 0 Å². The molecule has 1 aliphatic carbocycles. The number of ether oxygens (including phenoxy) is 1. The number of carbonyl (C=O) groups excluding carboxylic acids is 3. The molecule has 1 unspecified atom stereocenters. The van der Waals surface area contributed by atoms with E-state index in [0.29, 0.717) is 25.1 Å². The second-order valence-corrected chi connectivity index (χ2v) is 8.97. The van der Waals surface area contributed by atoms with Crippen molar-refractivity contribution in [3.05, 3.63) is 59.4 Å². The van der Waals surface area contributed by atoms with Crippen LogP contribution in [0.3, 0.4) is 0 Å². The van der Waals surface area contributed by atoms with E-state index in [1.54, 1.807) is 17.2 Å². The Morgan fingerprint density at radius 3 is 2.79 bits per heavy atom. The predicted molar refractivity (Wildman–Crippen MR) is 120 cm³/mol. The number of rotatable bonds is 6. The van der Waals surface area contributed by atoms with Crippen LogP contribution in [-0.2, 0) is 22.7 Å². The van der Waals surface area contributed by atoms with Gasteiger partial charge in [-0.15, -0.1) is 0 Å². The normalized spacial score (nSPS) is 25.0. The minimum Gasteiger partial charge on any atom is -0.489 e. The Bertz CT molecular complexity index is 1060. The maximum Gasteiger partial charge on any atom is 0.255 e. The number of pyridine rings is 1. The van der Waals surface area contributed by atoms with Crippen LogP contribution in [0.2, 0.25) is 0 Å². The first-order valence-electron chi connectivity index (χ1n) is 11.7. The van der Waals surface area contributed by atoms with E-state index in [1.807, 2.05) is 30.3 Å². The molecule has 3 amide bonds. The van der Waals surface area contributed by atoms with Crippen molar-refractivity contribution in [3.63, 3.8) is 0 Å². The van der Waals surface area contributed by atoms with Crippen LogP contribution in [0.5, 0.6) is 5.75 Å². The number of nitrogens with zero attached hydrogens (tertiary/aromatic N) is 2. The lowest BCUT2D eigenvalue weighted by Gasteiger charge is -2.32. The van der Waals surface area contributed by atoms with Crippen LogP contribution in [-0.4, -0.2) is 45.8 Å². The fraction of sp³-hybridized carbons (Fsp3) is 0.440. The number of piperidine rings is 1. The van der Waals surface area contributed by atoms with E-state index < -0.39 is 11.9 Å². The summed E-state index contributed by atoms with van der Waals surface area (Å²) in [7, 11) is 0. The van der Waals surface area contributed by atoms with E-state index in [2.05, 4.69) is 15.6 Å². The molecule has 0 bridgehead atoms. The average molecular weight is 449 g/mol. The lowest BCUT2D eigenvalue weighted by Crippen LogP contribution is -2.52. The minimum absolute atomic E-state index is 0.0452. The Labute approximate surface area is 192 Å². The van der Waals surface area contributed by atoms with Crippen LogP contribution in [0.15, 0.2) is 42.6 Å². The SMILES string of the molecule is O=C1CCC(N2Cc3cc(O[C@H]4CCCC[C@@H]4NCc4ccccn4)ccc3C2=O)C(=O)N1. The third kappa shape index (κ3) is 4.61. The van der Waals surface area contributed by atoms with Gasteiger partial charge >= 0.3 is 0 Å². The van der Waals surface area contributed by atoms with Crippen molar-refractivity contribution < 1.29 is 19.1 Å². The Morgan fingerprint density at radius 2 is 1.97 bits per heavy atom. The van der Waals surface area contributed by atoms with Crippen LogP contribution in [0.1, 0.15) is 60.1 Å². The highest BCUT2D eigenvalue weighted by atomic mass is 16.5. The van der Waals surface area contributed by atoms with Gasteiger partial charge < -0.3 is 15.0 Å².